The predicted molar refractivity (Wildman–Crippen MR) is 85.7 cm³/mol. The van der Waals surface area contributed by atoms with Gasteiger partial charge in [0.2, 0.25) is 4.96 Å². The normalized spacial score (nSPS) is 11.3. The molecule has 2 heterocycles. The van der Waals surface area contributed by atoms with Crippen LogP contribution in [0.2, 0.25) is 0 Å². The summed E-state index contributed by atoms with van der Waals surface area (Å²) in [6.45, 7) is 4.31. The molecule has 6 nitrogen and oxygen atoms in total. The Kier molecular flexibility index (Phi) is 3.98. The van der Waals surface area contributed by atoms with Gasteiger partial charge < -0.3 is 9.47 Å². The third kappa shape index (κ3) is 2.64. The summed E-state index contributed by atoms with van der Waals surface area (Å²) in [6.07, 6.45) is 0.851. The lowest BCUT2D eigenvalue weighted by atomic mass is 10.1. The van der Waals surface area contributed by atoms with E-state index in [9.17, 15) is 0 Å². The highest BCUT2D eigenvalue weighted by Crippen LogP contribution is 2.35. The number of aromatic nitrogens is 4. The van der Waals surface area contributed by atoms with Crippen molar-refractivity contribution in [2.45, 2.75) is 20.3 Å². The topological polar surface area (TPSA) is 61.5 Å². The number of rotatable bonds is 5. The van der Waals surface area contributed by atoms with Crippen molar-refractivity contribution >= 4 is 16.3 Å². The van der Waals surface area contributed by atoms with Gasteiger partial charge in [0, 0.05) is 12.5 Å². The van der Waals surface area contributed by atoms with Crippen LogP contribution >= 0.6 is 11.3 Å². The molecule has 0 unspecified atom stereocenters. The van der Waals surface area contributed by atoms with Crippen LogP contribution in [0.5, 0.6) is 11.5 Å². The zero-order chi connectivity index (χ0) is 15.7. The maximum Gasteiger partial charge on any atom is 0.234 e. The molecule has 0 saturated carbocycles. The standard InChI is InChI=1S/C15H18N4O2S/c1-9(2)7-13-16-17-15-19(13)18-14(22-15)11-6-5-10(20-3)8-12(11)21-4/h5-6,8-9H,7H2,1-4H3. The van der Waals surface area contributed by atoms with Crippen LogP contribution in [0.15, 0.2) is 18.2 Å². The number of nitrogens with zero attached hydrogens (tertiary/aromatic N) is 4. The summed E-state index contributed by atoms with van der Waals surface area (Å²) in [7, 11) is 3.28. The quantitative estimate of drug-likeness (QED) is 0.723. The van der Waals surface area contributed by atoms with Crippen molar-refractivity contribution < 1.29 is 9.47 Å². The lowest BCUT2D eigenvalue weighted by Crippen LogP contribution is -2.01. The number of benzene rings is 1. The van der Waals surface area contributed by atoms with Gasteiger partial charge in [-0.1, -0.05) is 25.2 Å². The Morgan fingerprint density at radius 2 is 2.00 bits per heavy atom. The van der Waals surface area contributed by atoms with Gasteiger partial charge in [0.05, 0.1) is 19.8 Å². The second-order valence-electron chi connectivity index (χ2n) is 5.38. The van der Waals surface area contributed by atoms with Crippen LogP contribution in [-0.4, -0.2) is 34.0 Å². The van der Waals surface area contributed by atoms with Gasteiger partial charge >= 0.3 is 0 Å². The van der Waals surface area contributed by atoms with Gasteiger partial charge in [0.25, 0.3) is 0 Å². The first-order valence-corrected chi connectivity index (χ1v) is 7.87. The van der Waals surface area contributed by atoms with Gasteiger partial charge in [0.15, 0.2) is 10.8 Å². The first-order chi connectivity index (χ1) is 10.6. The molecule has 0 bridgehead atoms. The van der Waals surface area contributed by atoms with Gasteiger partial charge in [-0.3, -0.25) is 0 Å². The fourth-order valence-corrected chi connectivity index (χ4v) is 3.12. The van der Waals surface area contributed by atoms with Crippen molar-refractivity contribution in [3.63, 3.8) is 0 Å². The molecule has 0 aliphatic rings. The average Bonchev–Trinajstić information content (AvgIpc) is 3.08. The molecule has 7 heteroatoms. The summed E-state index contributed by atoms with van der Waals surface area (Å²) in [5.74, 6) is 2.88. The molecule has 0 amide bonds. The van der Waals surface area contributed by atoms with E-state index in [4.69, 9.17) is 9.47 Å². The molecule has 0 atom stereocenters. The van der Waals surface area contributed by atoms with Crippen LogP contribution < -0.4 is 9.47 Å². The van der Waals surface area contributed by atoms with E-state index in [1.54, 1.807) is 14.2 Å². The van der Waals surface area contributed by atoms with E-state index in [1.165, 1.54) is 11.3 Å². The molecule has 22 heavy (non-hydrogen) atoms. The molecule has 116 valence electrons. The third-order valence-corrected chi connectivity index (χ3v) is 4.22. The minimum absolute atomic E-state index is 0.507. The molecule has 2 aromatic heterocycles. The van der Waals surface area contributed by atoms with Crippen LogP contribution in [-0.2, 0) is 6.42 Å². The maximum atomic E-state index is 5.45. The van der Waals surface area contributed by atoms with E-state index in [-0.39, 0.29) is 0 Å². The van der Waals surface area contributed by atoms with Crippen LogP contribution in [0.25, 0.3) is 15.5 Å². The average molecular weight is 318 g/mol. The highest BCUT2D eigenvalue weighted by Gasteiger charge is 2.16. The molecular weight excluding hydrogens is 300 g/mol. The summed E-state index contributed by atoms with van der Waals surface area (Å²) in [5.41, 5.74) is 0.925. The van der Waals surface area contributed by atoms with Gasteiger partial charge in [0.1, 0.15) is 11.5 Å². The van der Waals surface area contributed by atoms with Crippen LogP contribution in [0.1, 0.15) is 19.7 Å². The fourth-order valence-electron chi connectivity index (χ4n) is 2.23. The highest BCUT2D eigenvalue weighted by atomic mass is 32.1. The zero-order valence-corrected chi connectivity index (χ0v) is 13.8. The zero-order valence-electron chi connectivity index (χ0n) is 13.0. The third-order valence-electron chi connectivity index (χ3n) is 3.29. The van der Waals surface area contributed by atoms with E-state index in [0.29, 0.717) is 5.92 Å². The van der Waals surface area contributed by atoms with E-state index in [0.717, 1.165) is 39.3 Å². The SMILES string of the molecule is COc1ccc(-c2nn3c(CC(C)C)nnc3s2)c(OC)c1. The van der Waals surface area contributed by atoms with Crippen molar-refractivity contribution in [3.05, 3.63) is 24.0 Å². The highest BCUT2D eigenvalue weighted by molar-refractivity contribution is 7.19. The molecule has 0 fully saturated rings. The molecular formula is C15H18N4O2S. The molecule has 0 spiro atoms. The number of methoxy groups -OCH3 is 2. The second kappa shape index (κ2) is 5.92. The smallest absolute Gasteiger partial charge is 0.234 e. The minimum Gasteiger partial charge on any atom is -0.497 e. The van der Waals surface area contributed by atoms with Crippen molar-refractivity contribution in [1.82, 2.24) is 19.8 Å². The molecule has 0 N–H and O–H groups in total. The van der Waals surface area contributed by atoms with E-state index < -0.39 is 0 Å². The van der Waals surface area contributed by atoms with Crippen molar-refractivity contribution in [2.75, 3.05) is 14.2 Å². The molecule has 0 saturated heterocycles. The Morgan fingerprint density at radius 3 is 2.68 bits per heavy atom. The first kappa shape index (κ1) is 14.8. The van der Waals surface area contributed by atoms with Gasteiger partial charge in [-0.2, -0.15) is 9.61 Å². The van der Waals surface area contributed by atoms with E-state index in [2.05, 4.69) is 29.1 Å². The van der Waals surface area contributed by atoms with Crippen LogP contribution in [0.3, 0.4) is 0 Å². The number of ether oxygens (including phenoxy) is 2. The largest absolute Gasteiger partial charge is 0.497 e. The monoisotopic (exact) mass is 318 g/mol. The van der Waals surface area contributed by atoms with Crippen molar-refractivity contribution in [2.24, 2.45) is 5.92 Å². The number of hydrogen-bond donors (Lipinski definition) is 0. The van der Waals surface area contributed by atoms with Gasteiger partial charge in [-0.05, 0) is 18.1 Å². The summed E-state index contributed by atoms with van der Waals surface area (Å²) >= 11 is 1.50. The summed E-state index contributed by atoms with van der Waals surface area (Å²) in [6, 6.07) is 5.70. The molecule has 0 radical (unpaired) electrons. The van der Waals surface area contributed by atoms with Crippen LogP contribution in [0, 0.1) is 5.92 Å². The van der Waals surface area contributed by atoms with E-state index >= 15 is 0 Å². The van der Waals surface area contributed by atoms with Gasteiger partial charge in [-0.25, -0.2) is 0 Å². The molecule has 3 aromatic rings. The molecule has 0 aliphatic heterocycles. The first-order valence-electron chi connectivity index (χ1n) is 7.06. The summed E-state index contributed by atoms with van der Waals surface area (Å²) < 4.78 is 12.5. The minimum atomic E-state index is 0.507. The van der Waals surface area contributed by atoms with Crippen molar-refractivity contribution in [1.29, 1.82) is 0 Å². The maximum absolute atomic E-state index is 5.45. The van der Waals surface area contributed by atoms with Crippen LogP contribution in [0.4, 0.5) is 0 Å². The Morgan fingerprint density at radius 1 is 1.18 bits per heavy atom. The summed E-state index contributed by atoms with van der Waals surface area (Å²) in [5, 5.41) is 13.9. The summed E-state index contributed by atoms with van der Waals surface area (Å²) in [4.78, 5) is 0.795. The lowest BCUT2D eigenvalue weighted by molar-refractivity contribution is 0.395. The van der Waals surface area contributed by atoms with Crippen molar-refractivity contribution in [3.8, 4) is 22.1 Å². The van der Waals surface area contributed by atoms with E-state index in [1.807, 2.05) is 22.7 Å². The molecule has 3 rings (SSSR count). The van der Waals surface area contributed by atoms with Gasteiger partial charge in [-0.15, -0.1) is 10.2 Å². The second-order valence-corrected chi connectivity index (χ2v) is 6.34. The fraction of sp³-hybridized carbons (Fsp3) is 0.400. The Bertz CT molecular complexity index is 794. The molecule has 1 aromatic carbocycles. The number of fused-ring (bicyclic) bond motifs is 1. The lowest BCUT2D eigenvalue weighted by Gasteiger charge is -2.07. The Labute approximate surface area is 132 Å². The predicted octanol–water partition coefficient (Wildman–Crippen LogP) is 3.07. The Balaban J connectivity index is 2.05. The molecule has 0 aliphatic carbocycles. The Hall–Kier alpha value is -2.15. The number of hydrogen-bond acceptors (Lipinski definition) is 6.